The number of H-pyrrole nitrogens is 1. The summed E-state index contributed by atoms with van der Waals surface area (Å²) in [7, 11) is 0. The van der Waals surface area contributed by atoms with Crippen LogP contribution < -0.4 is 5.32 Å². The lowest BCUT2D eigenvalue weighted by Gasteiger charge is -2.18. The number of hydrogen-bond donors (Lipinski definition) is 2. The summed E-state index contributed by atoms with van der Waals surface area (Å²) in [6.45, 7) is 11.5. The van der Waals surface area contributed by atoms with Gasteiger partial charge in [0.1, 0.15) is 5.82 Å². The second-order valence-corrected chi connectivity index (χ2v) is 4.69. The molecule has 0 bridgehead atoms. The van der Waals surface area contributed by atoms with Gasteiger partial charge in [0.15, 0.2) is 5.65 Å². The van der Waals surface area contributed by atoms with Crippen molar-refractivity contribution in [3.63, 3.8) is 0 Å². The van der Waals surface area contributed by atoms with Crippen LogP contribution in [-0.2, 0) is 6.54 Å². The minimum atomic E-state index is 0.806. The van der Waals surface area contributed by atoms with Crippen molar-refractivity contribution < 1.29 is 0 Å². The molecule has 19 heavy (non-hydrogen) atoms. The van der Waals surface area contributed by atoms with Crippen LogP contribution in [-0.4, -0.2) is 46.0 Å². The van der Waals surface area contributed by atoms with Crippen LogP contribution in [0.1, 0.15) is 25.2 Å². The number of imidazole rings is 1. The standard InChI is InChI=1S/C14H23N5/c1-4-19(5-2)9-8-15-10-12-6-7-16-14-13(12)17-11(3)18-14/h6-7,15H,4-5,8-10H2,1-3H3,(H,16,17,18). The number of aromatic amines is 1. The highest BCUT2D eigenvalue weighted by molar-refractivity contribution is 5.74. The van der Waals surface area contributed by atoms with E-state index in [-0.39, 0.29) is 0 Å². The van der Waals surface area contributed by atoms with E-state index in [4.69, 9.17) is 0 Å². The summed E-state index contributed by atoms with van der Waals surface area (Å²) in [5, 5.41) is 3.48. The third-order valence-corrected chi connectivity index (χ3v) is 3.41. The van der Waals surface area contributed by atoms with E-state index in [1.165, 1.54) is 5.56 Å². The van der Waals surface area contributed by atoms with Crippen LogP contribution in [0.2, 0.25) is 0 Å². The summed E-state index contributed by atoms with van der Waals surface area (Å²) >= 11 is 0. The van der Waals surface area contributed by atoms with E-state index in [0.29, 0.717) is 0 Å². The average molecular weight is 261 g/mol. The molecule has 2 heterocycles. The van der Waals surface area contributed by atoms with Crippen LogP contribution in [0.5, 0.6) is 0 Å². The molecule has 2 aromatic heterocycles. The Morgan fingerprint density at radius 3 is 2.84 bits per heavy atom. The summed E-state index contributed by atoms with van der Waals surface area (Å²) in [5.41, 5.74) is 3.08. The normalized spacial score (nSPS) is 11.6. The molecule has 2 N–H and O–H groups in total. The first-order valence-corrected chi connectivity index (χ1v) is 6.97. The zero-order chi connectivity index (χ0) is 13.7. The molecule has 104 valence electrons. The van der Waals surface area contributed by atoms with E-state index in [0.717, 1.165) is 49.7 Å². The molecule has 0 aliphatic carbocycles. The van der Waals surface area contributed by atoms with Crippen molar-refractivity contribution in [3.8, 4) is 0 Å². The Kier molecular flexibility index (Phi) is 4.87. The fourth-order valence-corrected chi connectivity index (χ4v) is 2.23. The van der Waals surface area contributed by atoms with Crippen molar-refractivity contribution in [1.29, 1.82) is 0 Å². The van der Waals surface area contributed by atoms with Gasteiger partial charge in [-0.3, -0.25) is 0 Å². The van der Waals surface area contributed by atoms with Crippen LogP contribution in [0.15, 0.2) is 12.3 Å². The van der Waals surface area contributed by atoms with E-state index in [2.05, 4.69) is 39.0 Å². The van der Waals surface area contributed by atoms with E-state index in [1.807, 2.05) is 19.2 Å². The molecule has 0 amide bonds. The Morgan fingerprint density at radius 1 is 1.32 bits per heavy atom. The summed E-state index contributed by atoms with van der Waals surface area (Å²) in [4.78, 5) is 14.3. The zero-order valence-corrected chi connectivity index (χ0v) is 12.0. The SMILES string of the molecule is CCN(CC)CCNCc1ccnc2nc(C)[nH]c12. The first-order valence-electron chi connectivity index (χ1n) is 6.97. The molecule has 0 spiro atoms. The summed E-state index contributed by atoms with van der Waals surface area (Å²) in [6, 6.07) is 2.05. The van der Waals surface area contributed by atoms with Crippen molar-refractivity contribution in [2.24, 2.45) is 0 Å². The number of pyridine rings is 1. The molecule has 0 aliphatic rings. The number of fused-ring (bicyclic) bond motifs is 1. The molecule has 2 aromatic rings. The third kappa shape index (κ3) is 3.52. The first-order chi connectivity index (χ1) is 9.24. The van der Waals surface area contributed by atoms with Crippen molar-refractivity contribution in [1.82, 2.24) is 25.2 Å². The summed E-state index contributed by atoms with van der Waals surface area (Å²) in [6.07, 6.45) is 1.82. The second kappa shape index (κ2) is 6.63. The predicted molar refractivity (Wildman–Crippen MR) is 78.1 cm³/mol. The van der Waals surface area contributed by atoms with Crippen LogP contribution in [0, 0.1) is 6.92 Å². The number of rotatable bonds is 7. The highest BCUT2D eigenvalue weighted by Crippen LogP contribution is 2.13. The topological polar surface area (TPSA) is 56.8 Å². The van der Waals surface area contributed by atoms with Crippen LogP contribution in [0.4, 0.5) is 0 Å². The minimum absolute atomic E-state index is 0.806. The van der Waals surface area contributed by atoms with Gasteiger partial charge in [-0.25, -0.2) is 9.97 Å². The first kappa shape index (κ1) is 14.0. The Bertz CT molecular complexity index is 516. The van der Waals surface area contributed by atoms with Gasteiger partial charge in [-0.15, -0.1) is 0 Å². The number of aryl methyl sites for hydroxylation is 1. The minimum Gasteiger partial charge on any atom is -0.341 e. The molecule has 0 unspecified atom stereocenters. The smallest absolute Gasteiger partial charge is 0.177 e. The fraction of sp³-hybridized carbons (Fsp3) is 0.571. The molecule has 5 nitrogen and oxygen atoms in total. The van der Waals surface area contributed by atoms with E-state index < -0.39 is 0 Å². The number of nitrogens with zero attached hydrogens (tertiary/aromatic N) is 3. The Balaban J connectivity index is 1.91. The summed E-state index contributed by atoms with van der Waals surface area (Å²) in [5.74, 6) is 0.915. The highest BCUT2D eigenvalue weighted by atomic mass is 15.1. The van der Waals surface area contributed by atoms with Gasteiger partial charge in [-0.1, -0.05) is 13.8 Å². The van der Waals surface area contributed by atoms with Crippen LogP contribution in [0.3, 0.4) is 0 Å². The van der Waals surface area contributed by atoms with Gasteiger partial charge in [-0.05, 0) is 31.6 Å². The molecule has 5 heteroatoms. The van der Waals surface area contributed by atoms with Crippen molar-refractivity contribution in [2.75, 3.05) is 26.2 Å². The van der Waals surface area contributed by atoms with Gasteiger partial charge in [0.2, 0.25) is 0 Å². The molecule has 0 aromatic carbocycles. The lowest BCUT2D eigenvalue weighted by molar-refractivity contribution is 0.302. The monoisotopic (exact) mass is 261 g/mol. The number of aromatic nitrogens is 3. The van der Waals surface area contributed by atoms with Crippen molar-refractivity contribution >= 4 is 11.2 Å². The molecule has 0 radical (unpaired) electrons. The van der Waals surface area contributed by atoms with Gasteiger partial charge in [-0.2, -0.15) is 0 Å². The number of nitrogens with one attached hydrogen (secondary N) is 2. The lowest BCUT2D eigenvalue weighted by atomic mass is 10.2. The maximum Gasteiger partial charge on any atom is 0.177 e. The Hall–Kier alpha value is -1.46. The van der Waals surface area contributed by atoms with Gasteiger partial charge in [0, 0.05) is 25.8 Å². The third-order valence-electron chi connectivity index (χ3n) is 3.41. The van der Waals surface area contributed by atoms with Crippen molar-refractivity contribution in [3.05, 3.63) is 23.7 Å². The molecule has 0 aliphatic heterocycles. The van der Waals surface area contributed by atoms with Crippen LogP contribution >= 0.6 is 0 Å². The van der Waals surface area contributed by atoms with Gasteiger partial charge < -0.3 is 15.2 Å². The van der Waals surface area contributed by atoms with Gasteiger partial charge in [0.25, 0.3) is 0 Å². The molecular formula is C14H23N5. The Morgan fingerprint density at radius 2 is 2.11 bits per heavy atom. The lowest BCUT2D eigenvalue weighted by Crippen LogP contribution is -2.31. The predicted octanol–water partition coefficient (Wildman–Crippen LogP) is 1.70. The maximum absolute atomic E-state index is 4.35. The highest BCUT2D eigenvalue weighted by Gasteiger charge is 2.05. The maximum atomic E-state index is 4.35. The molecular weight excluding hydrogens is 238 g/mol. The van der Waals surface area contributed by atoms with Gasteiger partial charge >= 0.3 is 0 Å². The van der Waals surface area contributed by atoms with Crippen molar-refractivity contribution in [2.45, 2.75) is 27.3 Å². The molecule has 0 saturated heterocycles. The largest absolute Gasteiger partial charge is 0.341 e. The summed E-state index contributed by atoms with van der Waals surface area (Å²) < 4.78 is 0. The van der Waals surface area contributed by atoms with E-state index >= 15 is 0 Å². The van der Waals surface area contributed by atoms with E-state index in [9.17, 15) is 0 Å². The quantitative estimate of drug-likeness (QED) is 0.745. The van der Waals surface area contributed by atoms with Gasteiger partial charge in [0.05, 0.1) is 5.52 Å². The molecule has 0 saturated carbocycles. The molecule has 0 fully saturated rings. The number of hydrogen-bond acceptors (Lipinski definition) is 4. The van der Waals surface area contributed by atoms with E-state index in [1.54, 1.807) is 0 Å². The van der Waals surface area contributed by atoms with Crippen LogP contribution in [0.25, 0.3) is 11.2 Å². The average Bonchev–Trinajstić information content (AvgIpc) is 2.80. The Labute approximate surface area is 114 Å². The molecule has 0 atom stereocenters. The zero-order valence-electron chi connectivity index (χ0n) is 12.0. The second-order valence-electron chi connectivity index (χ2n) is 4.69. The fourth-order valence-electron chi connectivity index (χ4n) is 2.23. The molecule has 2 rings (SSSR count). The number of likely N-dealkylation sites (N-methyl/N-ethyl adjacent to an activating group) is 1.